The van der Waals surface area contributed by atoms with Gasteiger partial charge in [-0.1, -0.05) is 22.0 Å². The number of carbonyl (C=O) groups is 1. The fourth-order valence-corrected chi connectivity index (χ4v) is 3.55. The summed E-state index contributed by atoms with van der Waals surface area (Å²) in [7, 11) is 1.80. The van der Waals surface area contributed by atoms with Gasteiger partial charge in [-0.05, 0) is 48.9 Å². The number of aliphatic imine (C=N–C) groups is 1. The van der Waals surface area contributed by atoms with Gasteiger partial charge in [-0.2, -0.15) is 0 Å². The van der Waals surface area contributed by atoms with Crippen LogP contribution in [0, 0.1) is 12.8 Å². The van der Waals surface area contributed by atoms with E-state index in [1.807, 2.05) is 0 Å². The number of hydrogen-bond donors (Lipinski definition) is 2. The Kier molecular flexibility index (Phi) is 6.45. The number of benzene rings is 1. The van der Waals surface area contributed by atoms with E-state index >= 15 is 0 Å². The average Bonchev–Trinajstić information content (AvgIpc) is 2.49. The second-order valence-electron chi connectivity index (χ2n) is 6.10. The normalized spacial score (nSPS) is 18.8. The number of nitrogens with one attached hydrogen (secondary N) is 1. The summed E-state index contributed by atoms with van der Waals surface area (Å²) < 4.78 is 1.09. The van der Waals surface area contributed by atoms with E-state index < -0.39 is 0 Å². The molecule has 1 aromatic carbocycles. The van der Waals surface area contributed by atoms with Crippen molar-refractivity contribution in [2.24, 2.45) is 16.6 Å². The molecular weight excluding hydrogens is 356 g/mol. The molecule has 23 heavy (non-hydrogen) atoms. The summed E-state index contributed by atoms with van der Waals surface area (Å²) in [5.41, 5.74) is 7.83. The van der Waals surface area contributed by atoms with Crippen LogP contribution in [0.15, 0.2) is 27.7 Å². The zero-order valence-corrected chi connectivity index (χ0v) is 15.4. The van der Waals surface area contributed by atoms with E-state index in [1.165, 1.54) is 11.1 Å². The van der Waals surface area contributed by atoms with Gasteiger partial charge < -0.3 is 16.0 Å². The highest BCUT2D eigenvalue weighted by molar-refractivity contribution is 9.10. The van der Waals surface area contributed by atoms with E-state index in [1.54, 1.807) is 7.05 Å². The number of guanidine groups is 1. The summed E-state index contributed by atoms with van der Waals surface area (Å²) >= 11 is 3.49. The van der Waals surface area contributed by atoms with E-state index in [4.69, 9.17) is 5.73 Å². The van der Waals surface area contributed by atoms with Gasteiger partial charge in [0.25, 0.3) is 0 Å². The van der Waals surface area contributed by atoms with Crippen LogP contribution in [-0.4, -0.2) is 36.9 Å². The molecule has 0 radical (unpaired) electrons. The van der Waals surface area contributed by atoms with Gasteiger partial charge in [0.05, 0.1) is 0 Å². The van der Waals surface area contributed by atoms with Gasteiger partial charge in [0.15, 0.2) is 5.96 Å². The van der Waals surface area contributed by atoms with Crippen molar-refractivity contribution in [3.63, 3.8) is 0 Å². The molecule has 1 aliphatic heterocycles. The van der Waals surface area contributed by atoms with Gasteiger partial charge in [-0.3, -0.25) is 9.79 Å². The van der Waals surface area contributed by atoms with Crippen molar-refractivity contribution in [1.29, 1.82) is 0 Å². The molecule has 6 heteroatoms. The molecule has 0 saturated carbocycles. The minimum atomic E-state index is -0.217. The molecule has 1 fully saturated rings. The van der Waals surface area contributed by atoms with Crippen molar-refractivity contribution in [3.05, 3.63) is 33.8 Å². The maximum atomic E-state index is 11.1. The third-order valence-electron chi connectivity index (χ3n) is 4.26. The second kappa shape index (κ2) is 8.34. The van der Waals surface area contributed by atoms with Crippen LogP contribution in [0.3, 0.4) is 0 Å². The summed E-state index contributed by atoms with van der Waals surface area (Å²) in [4.78, 5) is 17.8. The lowest BCUT2D eigenvalue weighted by Crippen LogP contribution is -2.47. The Morgan fingerprint density at radius 3 is 2.96 bits per heavy atom. The third kappa shape index (κ3) is 5.23. The van der Waals surface area contributed by atoms with Crippen LogP contribution >= 0.6 is 15.9 Å². The minimum absolute atomic E-state index is 0.217. The summed E-state index contributed by atoms with van der Waals surface area (Å²) in [5.74, 6) is 1.00. The largest absolute Gasteiger partial charge is 0.370 e. The van der Waals surface area contributed by atoms with Gasteiger partial charge >= 0.3 is 0 Å². The van der Waals surface area contributed by atoms with E-state index in [9.17, 15) is 4.79 Å². The number of aryl methyl sites for hydroxylation is 1. The molecule has 1 aliphatic rings. The van der Waals surface area contributed by atoms with Crippen molar-refractivity contribution in [3.8, 4) is 0 Å². The number of nitrogens with two attached hydrogens (primary N) is 1. The van der Waals surface area contributed by atoms with Crippen LogP contribution in [-0.2, 0) is 11.3 Å². The van der Waals surface area contributed by atoms with Crippen LogP contribution in [0.5, 0.6) is 0 Å². The minimum Gasteiger partial charge on any atom is -0.370 e. The van der Waals surface area contributed by atoms with Crippen LogP contribution in [0.1, 0.15) is 30.4 Å². The fourth-order valence-electron chi connectivity index (χ4n) is 3.07. The maximum Gasteiger partial charge on any atom is 0.217 e. The van der Waals surface area contributed by atoms with Crippen molar-refractivity contribution in [1.82, 2.24) is 10.2 Å². The number of rotatable bonds is 4. The SMILES string of the molecule is CN=C(NCc1ccc(Br)cc1C)N1CCCC(CC(N)=O)C1. The van der Waals surface area contributed by atoms with Crippen molar-refractivity contribution in [2.75, 3.05) is 20.1 Å². The number of likely N-dealkylation sites (tertiary alicyclic amines) is 1. The maximum absolute atomic E-state index is 11.1. The monoisotopic (exact) mass is 380 g/mol. The molecule has 1 saturated heterocycles. The Morgan fingerprint density at radius 1 is 1.52 bits per heavy atom. The molecule has 5 nitrogen and oxygen atoms in total. The Morgan fingerprint density at radius 2 is 2.30 bits per heavy atom. The fraction of sp³-hybridized carbons (Fsp3) is 0.529. The first-order chi connectivity index (χ1) is 11.0. The number of primary amides is 1. The first-order valence-corrected chi connectivity index (χ1v) is 8.78. The Hall–Kier alpha value is -1.56. The lowest BCUT2D eigenvalue weighted by Gasteiger charge is -2.34. The molecule has 1 atom stereocenters. The van der Waals surface area contributed by atoms with E-state index in [-0.39, 0.29) is 5.91 Å². The average molecular weight is 381 g/mol. The van der Waals surface area contributed by atoms with E-state index in [0.717, 1.165) is 42.9 Å². The van der Waals surface area contributed by atoms with Crippen LogP contribution in [0.25, 0.3) is 0 Å². The molecule has 1 amide bonds. The quantitative estimate of drug-likeness (QED) is 0.622. The Labute approximate surface area is 146 Å². The molecule has 126 valence electrons. The summed E-state index contributed by atoms with van der Waals surface area (Å²) in [5, 5.41) is 3.43. The summed E-state index contributed by atoms with van der Waals surface area (Å²) in [6.07, 6.45) is 2.58. The third-order valence-corrected chi connectivity index (χ3v) is 4.76. The van der Waals surface area contributed by atoms with Crippen LogP contribution in [0.2, 0.25) is 0 Å². The Balaban J connectivity index is 1.95. The molecule has 2 rings (SSSR count). The van der Waals surface area contributed by atoms with Gasteiger partial charge in [-0.15, -0.1) is 0 Å². The highest BCUT2D eigenvalue weighted by Gasteiger charge is 2.23. The highest BCUT2D eigenvalue weighted by Crippen LogP contribution is 2.20. The molecule has 1 heterocycles. The molecule has 0 aliphatic carbocycles. The standard InChI is InChI=1S/C17H25BrN4O/c1-12-8-15(18)6-5-14(12)10-21-17(20-2)22-7-3-4-13(11-22)9-16(19)23/h5-6,8,13H,3-4,7,9-11H2,1-2H3,(H2,19,23)(H,20,21). The molecule has 0 spiro atoms. The van der Waals surface area contributed by atoms with Crippen molar-refractivity contribution >= 4 is 27.8 Å². The van der Waals surface area contributed by atoms with Crippen LogP contribution < -0.4 is 11.1 Å². The number of piperidine rings is 1. The van der Waals surface area contributed by atoms with Crippen LogP contribution in [0.4, 0.5) is 0 Å². The predicted octanol–water partition coefficient (Wildman–Crippen LogP) is 2.42. The molecule has 1 aromatic rings. The first kappa shape index (κ1) is 17.8. The van der Waals surface area contributed by atoms with Crippen molar-refractivity contribution in [2.45, 2.75) is 32.7 Å². The van der Waals surface area contributed by atoms with Gasteiger partial charge in [0.2, 0.25) is 5.91 Å². The van der Waals surface area contributed by atoms with Gasteiger partial charge in [-0.25, -0.2) is 0 Å². The molecular formula is C17H25BrN4O. The molecule has 0 aromatic heterocycles. The molecule has 3 N–H and O–H groups in total. The number of nitrogens with zero attached hydrogens (tertiary/aromatic N) is 2. The topological polar surface area (TPSA) is 70.7 Å². The zero-order chi connectivity index (χ0) is 16.8. The predicted molar refractivity (Wildman–Crippen MR) is 97.2 cm³/mol. The van der Waals surface area contributed by atoms with E-state index in [0.29, 0.717) is 12.3 Å². The lowest BCUT2D eigenvalue weighted by atomic mass is 9.95. The second-order valence-corrected chi connectivity index (χ2v) is 7.01. The number of carbonyl (C=O) groups excluding carboxylic acids is 1. The van der Waals surface area contributed by atoms with Gasteiger partial charge in [0.1, 0.15) is 0 Å². The lowest BCUT2D eigenvalue weighted by molar-refractivity contribution is -0.119. The summed E-state index contributed by atoms with van der Waals surface area (Å²) in [6, 6.07) is 6.28. The number of halogens is 1. The first-order valence-electron chi connectivity index (χ1n) is 7.98. The molecule has 0 bridgehead atoms. The highest BCUT2D eigenvalue weighted by atomic mass is 79.9. The Bertz CT molecular complexity index is 588. The van der Waals surface area contributed by atoms with Crippen molar-refractivity contribution < 1.29 is 4.79 Å². The van der Waals surface area contributed by atoms with Gasteiger partial charge in [0, 0.05) is 37.6 Å². The number of amides is 1. The smallest absolute Gasteiger partial charge is 0.217 e. The molecule has 1 unspecified atom stereocenters. The number of hydrogen-bond acceptors (Lipinski definition) is 2. The summed E-state index contributed by atoms with van der Waals surface area (Å²) in [6.45, 7) is 4.65. The van der Waals surface area contributed by atoms with E-state index in [2.05, 4.69) is 56.3 Å². The zero-order valence-electron chi connectivity index (χ0n) is 13.8.